The molecule has 0 saturated carbocycles. The van der Waals surface area contributed by atoms with Crippen LogP contribution in [0.15, 0.2) is 12.7 Å². The van der Waals surface area contributed by atoms with Gasteiger partial charge in [0, 0.05) is 7.05 Å². The zero-order valence-electron chi connectivity index (χ0n) is 8.47. The quantitative estimate of drug-likeness (QED) is 0.540. The van der Waals surface area contributed by atoms with E-state index in [4.69, 9.17) is 4.52 Å². The van der Waals surface area contributed by atoms with Crippen molar-refractivity contribution in [1.82, 2.24) is 4.90 Å². The molecule has 1 unspecified atom stereocenters. The van der Waals surface area contributed by atoms with Crippen molar-refractivity contribution in [2.45, 2.75) is 13.3 Å². The minimum absolute atomic E-state index is 0.212. The van der Waals surface area contributed by atoms with Gasteiger partial charge in [-0.1, -0.05) is 13.5 Å². The molecule has 82 valence electrons. The summed E-state index contributed by atoms with van der Waals surface area (Å²) in [6.07, 6.45) is 1.43. The predicted molar refractivity (Wildman–Crippen MR) is 53.9 cm³/mol. The summed E-state index contributed by atoms with van der Waals surface area (Å²) < 4.78 is 16.0. The molecule has 14 heavy (non-hydrogen) atoms. The molecule has 0 rings (SSSR count). The summed E-state index contributed by atoms with van der Waals surface area (Å²) in [6, 6.07) is 0. The van der Waals surface area contributed by atoms with Gasteiger partial charge in [0.1, 0.15) is 6.29 Å². The van der Waals surface area contributed by atoms with Crippen LogP contribution in [-0.4, -0.2) is 35.6 Å². The average molecular weight is 221 g/mol. The van der Waals surface area contributed by atoms with Gasteiger partial charge in [-0.3, -0.25) is 9.36 Å². The Labute approximate surface area is 83.9 Å². The first-order valence-corrected chi connectivity index (χ1v) is 6.03. The second-order valence-electron chi connectivity index (χ2n) is 2.85. The Morgan fingerprint density at radius 2 is 2.29 bits per heavy atom. The number of hydrogen-bond donors (Lipinski definition) is 1. The average Bonchev–Trinajstić information content (AvgIpc) is 2.12. The van der Waals surface area contributed by atoms with Crippen molar-refractivity contribution in [3.63, 3.8) is 0 Å². The molecule has 0 heterocycles. The van der Waals surface area contributed by atoms with Gasteiger partial charge in [0.05, 0.1) is 6.61 Å². The van der Waals surface area contributed by atoms with Crippen molar-refractivity contribution >= 4 is 13.5 Å². The SMILES string of the molecule is C=CC(=O)N(C)CP(=O)(O)OCCC. The van der Waals surface area contributed by atoms with Gasteiger partial charge in [-0.15, -0.1) is 0 Å². The van der Waals surface area contributed by atoms with E-state index in [1.165, 1.54) is 7.05 Å². The summed E-state index contributed by atoms with van der Waals surface area (Å²) in [6.45, 7) is 5.31. The van der Waals surface area contributed by atoms with Crippen molar-refractivity contribution in [1.29, 1.82) is 0 Å². The van der Waals surface area contributed by atoms with E-state index in [2.05, 4.69) is 6.58 Å². The summed E-state index contributed by atoms with van der Waals surface area (Å²) in [7, 11) is -2.26. The number of carbonyl (C=O) groups excluding carboxylic acids is 1. The fourth-order valence-corrected chi connectivity index (χ4v) is 1.99. The Hall–Kier alpha value is -0.640. The summed E-state index contributed by atoms with van der Waals surface area (Å²) >= 11 is 0. The maximum atomic E-state index is 11.3. The maximum Gasteiger partial charge on any atom is 0.347 e. The fraction of sp³-hybridized carbons (Fsp3) is 0.625. The normalized spacial score (nSPS) is 14.5. The van der Waals surface area contributed by atoms with Crippen LogP contribution in [0.5, 0.6) is 0 Å². The molecule has 5 nitrogen and oxygen atoms in total. The number of nitrogens with zero attached hydrogens (tertiary/aromatic N) is 1. The van der Waals surface area contributed by atoms with Crippen LogP contribution in [-0.2, 0) is 13.9 Å². The minimum Gasteiger partial charge on any atom is -0.330 e. The van der Waals surface area contributed by atoms with E-state index in [-0.39, 0.29) is 12.9 Å². The molecule has 0 aliphatic rings. The molecule has 0 fully saturated rings. The Bertz CT molecular complexity index is 254. The first-order chi connectivity index (χ1) is 6.43. The third-order valence-electron chi connectivity index (χ3n) is 1.44. The van der Waals surface area contributed by atoms with E-state index < -0.39 is 13.5 Å². The van der Waals surface area contributed by atoms with Crippen LogP contribution in [0.1, 0.15) is 13.3 Å². The molecule has 1 N–H and O–H groups in total. The van der Waals surface area contributed by atoms with Gasteiger partial charge >= 0.3 is 7.60 Å². The highest BCUT2D eigenvalue weighted by Gasteiger charge is 2.22. The fourth-order valence-electron chi connectivity index (χ4n) is 0.768. The Kier molecular flexibility index (Phi) is 5.69. The van der Waals surface area contributed by atoms with E-state index in [1.54, 1.807) is 0 Å². The van der Waals surface area contributed by atoms with Crippen molar-refractivity contribution in [2.75, 3.05) is 19.9 Å². The lowest BCUT2D eigenvalue weighted by atomic mass is 10.5. The van der Waals surface area contributed by atoms with Crippen LogP contribution in [0.2, 0.25) is 0 Å². The van der Waals surface area contributed by atoms with Gasteiger partial charge in [-0.2, -0.15) is 0 Å². The topological polar surface area (TPSA) is 66.8 Å². The molecular formula is C8H16NO4P. The number of rotatable bonds is 6. The maximum absolute atomic E-state index is 11.3. The van der Waals surface area contributed by atoms with Gasteiger partial charge in [0.15, 0.2) is 0 Å². The highest BCUT2D eigenvalue weighted by molar-refractivity contribution is 7.52. The van der Waals surface area contributed by atoms with Crippen LogP contribution in [0.3, 0.4) is 0 Å². The third-order valence-corrected chi connectivity index (χ3v) is 2.81. The summed E-state index contributed by atoms with van der Waals surface area (Å²) in [5.41, 5.74) is 0. The highest BCUT2D eigenvalue weighted by atomic mass is 31.2. The highest BCUT2D eigenvalue weighted by Crippen LogP contribution is 2.42. The summed E-state index contributed by atoms with van der Waals surface area (Å²) in [5.74, 6) is -0.403. The van der Waals surface area contributed by atoms with Gasteiger partial charge in [0.25, 0.3) is 0 Å². The van der Waals surface area contributed by atoms with Crippen LogP contribution >= 0.6 is 7.60 Å². The van der Waals surface area contributed by atoms with Gasteiger partial charge < -0.3 is 14.3 Å². The molecule has 0 aliphatic heterocycles. The van der Waals surface area contributed by atoms with Crippen LogP contribution in [0, 0.1) is 0 Å². The molecule has 0 bridgehead atoms. The van der Waals surface area contributed by atoms with E-state index in [9.17, 15) is 14.3 Å². The lowest BCUT2D eigenvalue weighted by Crippen LogP contribution is -2.26. The molecule has 1 amide bonds. The van der Waals surface area contributed by atoms with E-state index in [1.807, 2.05) is 6.92 Å². The molecule has 0 aromatic rings. The van der Waals surface area contributed by atoms with Crippen molar-refractivity contribution < 1.29 is 18.8 Å². The molecule has 0 aromatic carbocycles. The van der Waals surface area contributed by atoms with Crippen molar-refractivity contribution in [3.05, 3.63) is 12.7 Å². The molecule has 0 spiro atoms. The Morgan fingerprint density at radius 1 is 1.71 bits per heavy atom. The van der Waals surface area contributed by atoms with Crippen LogP contribution in [0.25, 0.3) is 0 Å². The summed E-state index contributed by atoms with van der Waals surface area (Å²) in [5, 5.41) is 0. The van der Waals surface area contributed by atoms with Crippen LogP contribution < -0.4 is 0 Å². The Morgan fingerprint density at radius 3 is 2.71 bits per heavy atom. The standard InChI is InChI=1S/C8H16NO4P/c1-4-6-13-14(11,12)7-9(3)8(10)5-2/h5H,2,4,6-7H2,1,3H3,(H,11,12). The molecule has 6 heteroatoms. The largest absolute Gasteiger partial charge is 0.347 e. The van der Waals surface area contributed by atoms with E-state index in [0.29, 0.717) is 6.42 Å². The molecule has 0 saturated heterocycles. The van der Waals surface area contributed by atoms with Crippen molar-refractivity contribution in [3.8, 4) is 0 Å². The second-order valence-corrected chi connectivity index (χ2v) is 4.67. The zero-order valence-corrected chi connectivity index (χ0v) is 9.37. The predicted octanol–water partition coefficient (Wildman–Crippen LogP) is 1.20. The molecule has 1 atom stereocenters. The summed E-state index contributed by atoms with van der Waals surface area (Å²) in [4.78, 5) is 21.3. The smallest absolute Gasteiger partial charge is 0.330 e. The monoisotopic (exact) mass is 221 g/mol. The first kappa shape index (κ1) is 13.4. The number of likely N-dealkylation sites (N-methyl/N-ethyl adjacent to an activating group) is 1. The number of hydrogen-bond acceptors (Lipinski definition) is 3. The molecule has 0 aromatic heterocycles. The van der Waals surface area contributed by atoms with Gasteiger partial charge in [-0.05, 0) is 12.5 Å². The van der Waals surface area contributed by atoms with Gasteiger partial charge in [0.2, 0.25) is 5.91 Å². The zero-order chi connectivity index (χ0) is 11.2. The minimum atomic E-state index is -3.67. The third kappa shape index (κ3) is 5.17. The van der Waals surface area contributed by atoms with Crippen molar-refractivity contribution in [2.24, 2.45) is 0 Å². The first-order valence-electron chi connectivity index (χ1n) is 4.27. The molecule has 0 radical (unpaired) electrons. The molecular weight excluding hydrogens is 205 g/mol. The number of carbonyl (C=O) groups is 1. The number of amides is 1. The second kappa shape index (κ2) is 5.96. The van der Waals surface area contributed by atoms with Gasteiger partial charge in [-0.25, -0.2) is 0 Å². The molecule has 0 aliphatic carbocycles. The Balaban J connectivity index is 4.14. The van der Waals surface area contributed by atoms with E-state index >= 15 is 0 Å². The lowest BCUT2D eigenvalue weighted by Gasteiger charge is -2.18. The van der Waals surface area contributed by atoms with Crippen LogP contribution in [0.4, 0.5) is 0 Å². The van der Waals surface area contributed by atoms with E-state index in [0.717, 1.165) is 11.0 Å². The lowest BCUT2D eigenvalue weighted by molar-refractivity contribution is -0.124.